The Morgan fingerprint density at radius 2 is 1.91 bits per heavy atom. The second kappa shape index (κ2) is 7.92. The summed E-state index contributed by atoms with van der Waals surface area (Å²) in [6, 6.07) is 15.0. The Bertz CT molecular complexity index is 1230. The molecule has 0 radical (unpaired) electrons. The third-order valence-corrected chi connectivity index (χ3v) is 5.61. The molecule has 0 saturated heterocycles. The molecule has 0 aliphatic carbocycles. The molecule has 0 fully saturated rings. The van der Waals surface area contributed by atoms with Crippen molar-refractivity contribution in [3.05, 3.63) is 77.2 Å². The zero-order valence-corrected chi connectivity index (χ0v) is 17.4. The zero-order valence-electron chi connectivity index (χ0n) is 17.4. The number of benzene rings is 2. The molecule has 0 spiro atoms. The second-order valence-electron chi connectivity index (χ2n) is 7.67. The van der Waals surface area contributed by atoms with Gasteiger partial charge in [-0.2, -0.15) is 5.10 Å². The van der Waals surface area contributed by atoms with Gasteiger partial charge in [0, 0.05) is 37.3 Å². The average Bonchev–Trinajstić information content (AvgIpc) is 3.22. The van der Waals surface area contributed by atoms with Gasteiger partial charge in [0.2, 0.25) is 6.17 Å². The molecule has 2 aromatic carbocycles. The molecule has 1 aromatic heterocycles. The molecule has 32 heavy (non-hydrogen) atoms. The second-order valence-corrected chi connectivity index (χ2v) is 7.67. The highest BCUT2D eigenvalue weighted by Crippen LogP contribution is 2.28. The first-order chi connectivity index (χ1) is 15.5. The number of likely N-dealkylation sites (N-methyl/N-ethyl adjacent to an activating group) is 1. The number of aryl methyl sites for hydroxylation is 1. The molecule has 1 unspecified atom stereocenters. The Morgan fingerprint density at radius 1 is 1.16 bits per heavy atom. The van der Waals surface area contributed by atoms with Crippen molar-refractivity contribution in [2.24, 2.45) is 4.99 Å². The summed E-state index contributed by atoms with van der Waals surface area (Å²) in [6.07, 6.45) is -0.322. The maximum Gasteiger partial charge on any atom is 0.273 e. The number of aromatic nitrogens is 2. The minimum Gasteiger partial charge on any atom is -0.370 e. The van der Waals surface area contributed by atoms with Crippen LogP contribution in [-0.4, -0.2) is 47.1 Å². The Labute approximate surface area is 183 Å². The van der Waals surface area contributed by atoms with Crippen LogP contribution in [0.4, 0.5) is 15.9 Å². The number of nitrogens with one attached hydrogen (secondary N) is 2. The van der Waals surface area contributed by atoms with Gasteiger partial charge in [-0.15, -0.1) is 0 Å². The molecular weight excluding hydrogens is 411 g/mol. The molecule has 9 heteroatoms. The van der Waals surface area contributed by atoms with Crippen molar-refractivity contribution in [2.75, 3.05) is 23.8 Å². The van der Waals surface area contributed by atoms with Gasteiger partial charge >= 0.3 is 0 Å². The molecule has 0 bridgehead atoms. The molecule has 2 amide bonds. The van der Waals surface area contributed by atoms with Crippen LogP contribution in [0.1, 0.15) is 28.0 Å². The van der Waals surface area contributed by atoms with Gasteiger partial charge in [-0.05, 0) is 24.6 Å². The first-order valence-corrected chi connectivity index (χ1v) is 10.3. The summed E-state index contributed by atoms with van der Waals surface area (Å²) >= 11 is 0. The van der Waals surface area contributed by atoms with Crippen molar-refractivity contribution < 1.29 is 14.0 Å². The van der Waals surface area contributed by atoms with E-state index in [0.29, 0.717) is 23.5 Å². The van der Waals surface area contributed by atoms with Gasteiger partial charge in [0.25, 0.3) is 11.8 Å². The van der Waals surface area contributed by atoms with Crippen molar-refractivity contribution in [2.45, 2.75) is 19.1 Å². The van der Waals surface area contributed by atoms with Crippen molar-refractivity contribution >= 4 is 29.0 Å². The number of hydrogen-bond donors (Lipinski definition) is 2. The van der Waals surface area contributed by atoms with Gasteiger partial charge in [-0.25, -0.2) is 14.1 Å². The zero-order chi connectivity index (χ0) is 22.2. The van der Waals surface area contributed by atoms with E-state index in [1.807, 2.05) is 0 Å². The highest BCUT2D eigenvalue weighted by atomic mass is 19.1. The molecular formula is C23H21FN6O2. The third kappa shape index (κ3) is 3.41. The lowest BCUT2D eigenvalue weighted by atomic mass is 10.00. The van der Waals surface area contributed by atoms with E-state index in [2.05, 4.69) is 20.7 Å². The van der Waals surface area contributed by atoms with Gasteiger partial charge in [-0.1, -0.05) is 30.3 Å². The summed E-state index contributed by atoms with van der Waals surface area (Å²) in [6.45, 7) is 1.53. The normalized spacial score (nSPS) is 17.6. The number of amides is 2. The monoisotopic (exact) mass is 432 g/mol. The first kappa shape index (κ1) is 19.9. The number of halogens is 1. The highest BCUT2D eigenvalue weighted by Gasteiger charge is 2.32. The van der Waals surface area contributed by atoms with Crippen LogP contribution < -0.4 is 15.5 Å². The molecule has 3 heterocycles. The molecule has 8 nitrogen and oxygen atoms in total. The smallest absolute Gasteiger partial charge is 0.273 e. The Morgan fingerprint density at radius 3 is 2.69 bits per heavy atom. The number of para-hydroxylation sites is 1. The topological polar surface area (TPSA) is 91.6 Å². The molecule has 5 rings (SSSR count). The number of benzodiazepines with no additional fused rings is 1. The molecule has 2 aliphatic heterocycles. The van der Waals surface area contributed by atoms with Gasteiger partial charge in [0.05, 0.1) is 11.4 Å². The predicted octanol–water partition coefficient (Wildman–Crippen LogP) is 2.41. The van der Waals surface area contributed by atoms with Crippen molar-refractivity contribution in [3.63, 3.8) is 0 Å². The molecule has 162 valence electrons. The summed E-state index contributed by atoms with van der Waals surface area (Å²) in [5.74, 6) is -0.660. The standard InChI is InChI=1S/C23H21FN6O2/c1-29-18-10-5-3-8-15(18)20(14-7-2-4-9-16(14)24)26-21(23(29)32)27-22(31)17-13-19-25-11-6-12-30(19)28-17/h2-5,7-10,13,21,25H,6,11-12H2,1H3,(H,27,31). The van der Waals surface area contributed by atoms with Crippen LogP contribution in [0.5, 0.6) is 0 Å². The van der Waals surface area contributed by atoms with Crippen LogP contribution >= 0.6 is 0 Å². The summed E-state index contributed by atoms with van der Waals surface area (Å²) in [7, 11) is 1.61. The van der Waals surface area contributed by atoms with Crippen molar-refractivity contribution in [1.29, 1.82) is 0 Å². The van der Waals surface area contributed by atoms with E-state index >= 15 is 0 Å². The third-order valence-electron chi connectivity index (χ3n) is 5.61. The lowest BCUT2D eigenvalue weighted by molar-refractivity contribution is -0.119. The summed E-state index contributed by atoms with van der Waals surface area (Å²) in [5, 5.41) is 10.2. The Balaban J connectivity index is 1.55. The van der Waals surface area contributed by atoms with Crippen molar-refractivity contribution in [3.8, 4) is 0 Å². The maximum atomic E-state index is 14.7. The SMILES string of the molecule is CN1C(=O)C(NC(=O)c2cc3n(n2)CCCN3)N=C(c2ccccc2F)c2ccccc21. The number of nitrogens with zero attached hydrogens (tertiary/aromatic N) is 4. The minimum atomic E-state index is -1.24. The summed E-state index contributed by atoms with van der Waals surface area (Å²) in [4.78, 5) is 32.1. The molecule has 2 aliphatic rings. The molecule has 3 aromatic rings. The summed E-state index contributed by atoms with van der Waals surface area (Å²) in [5.41, 5.74) is 1.93. The number of rotatable bonds is 3. The van der Waals surface area contributed by atoms with E-state index in [-0.39, 0.29) is 11.3 Å². The van der Waals surface area contributed by atoms with Crippen LogP contribution in [0.3, 0.4) is 0 Å². The van der Waals surface area contributed by atoms with Gasteiger partial charge in [-0.3, -0.25) is 9.59 Å². The number of carbonyl (C=O) groups is 2. The molecule has 1 atom stereocenters. The fraction of sp³-hybridized carbons (Fsp3) is 0.217. The maximum absolute atomic E-state index is 14.7. The van der Waals surface area contributed by atoms with Gasteiger partial charge in [0.15, 0.2) is 5.69 Å². The Kier molecular flexibility index (Phi) is 4.93. The largest absolute Gasteiger partial charge is 0.370 e. The minimum absolute atomic E-state index is 0.189. The molecule has 0 saturated carbocycles. The van der Waals surface area contributed by atoms with Gasteiger partial charge in [0.1, 0.15) is 11.6 Å². The lowest BCUT2D eigenvalue weighted by Gasteiger charge is -2.20. The number of hydrogen-bond acceptors (Lipinski definition) is 5. The van der Waals surface area contributed by atoms with E-state index < -0.39 is 23.8 Å². The van der Waals surface area contributed by atoms with E-state index in [1.165, 1.54) is 11.0 Å². The van der Waals surface area contributed by atoms with Crippen LogP contribution in [-0.2, 0) is 11.3 Å². The number of fused-ring (bicyclic) bond motifs is 2. The van der Waals surface area contributed by atoms with E-state index in [0.717, 1.165) is 18.8 Å². The fourth-order valence-corrected chi connectivity index (χ4v) is 3.97. The fourth-order valence-electron chi connectivity index (χ4n) is 3.97. The van der Waals surface area contributed by atoms with Crippen LogP contribution in [0.15, 0.2) is 59.6 Å². The Hall–Kier alpha value is -4.01. The number of carbonyl (C=O) groups excluding carboxylic acids is 2. The molecule has 2 N–H and O–H groups in total. The first-order valence-electron chi connectivity index (χ1n) is 10.3. The van der Waals surface area contributed by atoms with Crippen LogP contribution in [0, 0.1) is 5.82 Å². The number of aliphatic imine (C=N–C) groups is 1. The lowest BCUT2D eigenvalue weighted by Crippen LogP contribution is -2.46. The predicted molar refractivity (Wildman–Crippen MR) is 118 cm³/mol. The van der Waals surface area contributed by atoms with E-state index in [9.17, 15) is 14.0 Å². The van der Waals surface area contributed by atoms with E-state index in [1.54, 1.807) is 60.3 Å². The van der Waals surface area contributed by atoms with Crippen molar-refractivity contribution in [1.82, 2.24) is 15.1 Å². The van der Waals surface area contributed by atoms with Gasteiger partial charge < -0.3 is 15.5 Å². The van der Waals surface area contributed by atoms with E-state index in [4.69, 9.17) is 0 Å². The quantitative estimate of drug-likeness (QED) is 0.665. The summed E-state index contributed by atoms with van der Waals surface area (Å²) < 4.78 is 16.4. The highest BCUT2D eigenvalue weighted by molar-refractivity contribution is 6.20. The number of anilines is 2. The average molecular weight is 432 g/mol. The van der Waals surface area contributed by atoms with Crippen LogP contribution in [0.25, 0.3) is 0 Å². The van der Waals surface area contributed by atoms with Crippen LogP contribution in [0.2, 0.25) is 0 Å².